The summed E-state index contributed by atoms with van der Waals surface area (Å²) in [6.45, 7) is 4.80. The van der Waals surface area contributed by atoms with E-state index in [1.165, 1.54) is 12.1 Å². The van der Waals surface area contributed by atoms with Crippen LogP contribution in [0, 0.1) is 5.82 Å². The van der Waals surface area contributed by atoms with Crippen molar-refractivity contribution < 1.29 is 12.8 Å². The van der Waals surface area contributed by atoms with Gasteiger partial charge in [0.2, 0.25) is 10.0 Å². The zero-order valence-corrected chi connectivity index (χ0v) is 17.4. The van der Waals surface area contributed by atoms with Crippen molar-refractivity contribution in [3.05, 3.63) is 60.0 Å². The Morgan fingerprint density at radius 1 is 1.03 bits per heavy atom. The fourth-order valence-electron chi connectivity index (χ4n) is 3.76. The Labute approximate surface area is 170 Å². The zero-order chi connectivity index (χ0) is 20.6. The molecule has 1 saturated heterocycles. The Morgan fingerprint density at radius 2 is 1.72 bits per heavy atom. The van der Waals surface area contributed by atoms with Gasteiger partial charge in [-0.05, 0) is 55.1 Å². The lowest BCUT2D eigenvalue weighted by molar-refractivity contribution is 0.148. The van der Waals surface area contributed by atoms with Gasteiger partial charge < -0.3 is 9.47 Å². The first kappa shape index (κ1) is 19.9. The number of benzene rings is 2. The highest BCUT2D eigenvalue weighted by Crippen LogP contribution is 2.29. The normalized spacial score (nSPS) is 16.4. The smallest absolute Gasteiger partial charge is 0.229 e. The summed E-state index contributed by atoms with van der Waals surface area (Å²) in [6.07, 6.45) is 3.21. The number of anilines is 1. The van der Waals surface area contributed by atoms with E-state index in [0.717, 1.165) is 61.1 Å². The first-order valence-corrected chi connectivity index (χ1v) is 11.5. The van der Waals surface area contributed by atoms with Gasteiger partial charge in [0.15, 0.2) is 0 Å². The molecule has 0 radical (unpaired) electrons. The Kier molecular flexibility index (Phi) is 5.33. The number of likely N-dealkylation sites (N-methyl/N-ethyl adjacent to an activating group) is 1. The summed E-state index contributed by atoms with van der Waals surface area (Å²) in [5, 5.41) is 0.988. The van der Waals surface area contributed by atoms with Crippen LogP contribution in [-0.4, -0.2) is 62.3 Å². The Morgan fingerprint density at radius 3 is 2.38 bits per heavy atom. The van der Waals surface area contributed by atoms with E-state index in [2.05, 4.69) is 27.8 Å². The quantitative estimate of drug-likeness (QED) is 0.695. The minimum atomic E-state index is -3.36. The number of halogens is 1. The topological polar surface area (TPSA) is 57.6 Å². The molecule has 1 aromatic heterocycles. The van der Waals surface area contributed by atoms with Crippen LogP contribution in [0.5, 0.6) is 0 Å². The van der Waals surface area contributed by atoms with Crippen molar-refractivity contribution in [1.82, 2.24) is 14.4 Å². The first-order valence-electron chi connectivity index (χ1n) is 9.57. The summed E-state index contributed by atoms with van der Waals surface area (Å²) in [5.74, 6) is -0.275. The van der Waals surface area contributed by atoms with Gasteiger partial charge in [0.25, 0.3) is 0 Å². The van der Waals surface area contributed by atoms with Crippen molar-refractivity contribution in [2.75, 3.05) is 44.2 Å². The number of fused-ring (bicyclic) bond motifs is 1. The molecule has 29 heavy (non-hydrogen) atoms. The molecule has 2 heterocycles. The van der Waals surface area contributed by atoms with Gasteiger partial charge in [-0.3, -0.25) is 9.62 Å². The van der Waals surface area contributed by atoms with E-state index in [9.17, 15) is 12.8 Å². The third-order valence-corrected chi connectivity index (χ3v) is 5.89. The molecular formula is C21H25FN4O2S. The number of sulfonamides is 1. The van der Waals surface area contributed by atoms with E-state index < -0.39 is 10.0 Å². The van der Waals surface area contributed by atoms with Crippen LogP contribution in [0.2, 0.25) is 0 Å². The summed E-state index contributed by atoms with van der Waals surface area (Å²) in [5.41, 5.74) is 3.48. The monoisotopic (exact) mass is 416 g/mol. The van der Waals surface area contributed by atoms with Gasteiger partial charge in [-0.2, -0.15) is 0 Å². The molecule has 154 valence electrons. The molecule has 0 saturated carbocycles. The van der Waals surface area contributed by atoms with Gasteiger partial charge >= 0.3 is 0 Å². The van der Waals surface area contributed by atoms with Crippen molar-refractivity contribution in [2.45, 2.75) is 6.54 Å². The van der Waals surface area contributed by atoms with Crippen LogP contribution in [-0.2, 0) is 16.6 Å². The molecule has 4 rings (SSSR count). The van der Waals surface area contributed by atoms with E-state index in [-0.39, 0.29) is 5.82 Å². The minimum absolute atomic E-state index is 0.275. The predicted molar refractivity (Wildman–Crippen MR) is 114 cm³/mol. The molecular weight excluding hydrogens is 391 g/mol. The van der Waals surface area contributed by atoms with Crippen molar-refractivity contribution in [3.8, 4) is 5.69 Å². The summed E-state index contributed by atoms with van der Waals surface area (Å²) in [4.78, 5) is 4.72. The number of rotatable bonds is 5. The number of piperazine rings is 1. The molecule has 1 aliphatic heterocycles. The first-order chi connectivity index (χ1) is 13.8. The summed E-state index contributed by atoms with van der Waals surface area (Å²) < 4.78 is 41.3. The lowest BCUT2D eigenvalue weighted by Gasteiger charge is -2.32. The highest BCUT2D eigenvalue weighted by Gasteiger charge is 2.18. The molecule has 8 heteroatoms. The molecule has 0 bridgehead atoms. The molecule has 3 aromatic rings. The van der Waals surface area contributed by atoms with Crippen LogP contribution < -0.4 is 4.72 Å². The maximum atomic E-state index is 13.4. The van der Waals surface area contributed by atoms with Crippen LogP contribution >= 0.6 is 0 Å². The van der Waals surface area contributed by atoms with Gasteiger partial charge in [-0.1, -0.05) is 0 Å². The minimum Gasteiger partial charge on any atom is -0.316 e. The highest BCUT2D eigenvalue weighted by molar-refractivity contribution is 7.92. The fraction of sp³-hybridized carbons (Fsp3) is 0.333. The molecule has 1 N–H and O–H groups in total. The second kappa shape index (κ2) is 7.78. The molecule has 0 spiro atoms. The third kappa shape index (κ3) is 4.60. The van der Waals surface area contributed by atoms with Crippen LogP contribution in [0.4, 0.5) is 10.1 Å². The van der Waals surface area contributed by atoms with Crippen LogP contribution in [0.3, 0.4) is 0 Å². The van der Waals surface area contributed by atoms with Gasteiger partial charge in [0.05, 0.1) is 11.8 Å². The SMILES string of the molecule is CN1CCN(Cc2cn(-c3ccc(F)cc3)c3ccc(NS(C)(=O)=O)cc23)CC1. The van der Waals surface area contributed by atoms with Crippen molar-refractivity contribution in [1.29, 1.82) is 0 Å². The molecule has 2 aromatic carbocycles. The molecule has 0 atom stereocenters. The predicted octanol–water partition coefficient (Wildman–Crippen LogP) is 2.89. The van der Waals surface area contributed by atoms with Gasteiger partial charge in [0.1, 0.15) is 5.82 Å². The standard InChI is InChI=1S/C21H25FN4O2S/c1-24-9-11-25(12-10-24)14-16-15-26(19-6-3-17(22)4-7-19)21-8-5-18(13-20(16)21)23-29(2,27)28/h3-8,13,15,23H,9-12,14H2,1-2H3. The summed E-state index contributed by atoms with van der Waals surface area (Å²) in [6, 6.07) is 11.9. The highest BCUT2D eigenvalue weighted by atomic mass is 32.2. The number of hydrogen-bond donors (Lipinski definition) is 1. The van der Waals surface area contributed by atoms with Crippen molar-refractivity contribution >= 4 is 26.6 Å². The van der Waals surface area contributed by atoms with Gasteiger partial charge in [-0.15, -0.1) is 0 Å². The lowest BCUT2D eigenvalue weighted by Crippen LogP contribution is -2.43. The average Bonchev–Trinajstić information content (AvgIpc) is 3.01. The summed E-state index contributed by atoms with van der Waals surface area (Å²) in [7, 11) is -1.23. The van der Waals surface area contributed by atoms with E-state index in [4.69, 9.17) is 0 Å². The maximum Gasteiger partial charge on any atom is 0.229 e. The summed E-state index contributed by atoms with van der Waals surface area (Å²) >= 11 is 0. The fourth-order valence-corrected chi connectivity index (χ4v) is 4.32. The maximum absolute atomic E-state index is 13.4. The largest absolute Gasteiger partial charge is 0.316 e. The number of nitrogens with zero attached hydrogens (tertiary/aromatic N) is 3. The molecule has 1 fully saturated rings. The third-order valence-electron chi connectivity index (χ3n) is 5.28. The average molecular weight is 417 g/mol. The molecule has 0 unspecified atom stereocenters. The lowest BCUT2D eigenvalue weighted by atomic mass is 10.1. The number of hydrogen-bond acceptors (Lipinski definition) is 4. The zero-order valence-electron chi connectivity index (χ0n) is 16.6. The molecule has 0 aliphatic carbocycles. The van der Waals surface area contributed by atoms with Crippen molar-refractivity contribution in [3.63, 3.8) is 0 Å². The van der Waals surface area contributed by atoms with Crippen LogP contribution in [0.1, 0.15) is 5.56 Å². The van der Waals surface area contributed by atoms with Crippen LogP contribution in [0.25, 0.3) is 16.6 Å². The molecule has 6 nitrogen and oxygen atoms in total. The van der Waals surface area contributed by atoms with Gasteiger partial charge in [0, 0.05) is 55.7 Å². The van der Waals surface area contributed by atoms with Crippen molar-refractivity contribution in [2.24, 2.45) is 0 Å². The number of aromatic nitrogens is 1. The second-order valence-electron chi connectivity index (χ2n) is 7.69. The molecule has 1 aliphatic rings. The Bertz CT molecular complexity index is 1120. The molecule has 0 amide bonds. The number of nitrogens with one attached hydrogen (secondary N) is 1. The Balaban J connectivity index is 1.76. The van der Waals surface area contributed by atoms with E-state index in [1.807, 2.05) is 16.7 Å². The van der Waals surface area contributed by atoms with E-state index >= 15 is 0 Å². The van der Waals surface area contributed by atoms with Gasteiger partial charge in [-0.25, -0.2) is 12.8 Å². The van der Waals surface area contributed by atoms with E-state index in [0.29, 0.717) is 5.69 Å². The Hall–Kier alpha value is -2.42. The van der Waals surface area contributed by atoms with E-state index in [1.54, 1.807) is 18.2 Å². The second-order valence-corrected chi connectivity index (χ2v) is 9.43. The van der Waals surface area contributed by atoms with Crippen LogP contribution in [0.15, 0.2) is 48.7 Å².